The fraction of sp³-hybridized carbons (Fsp3) is 0. The summed E-state index contributed by atoms with van der Waals surface area (Å²) in [5.74, 6) is 0.725. The van der Waals surface area contributed by atoms with Crippen molar-refractivity contribution in [2.75, 3.05) is 0 Å². The molecule has 2 aromatic carbocycles. The molecule has 21 heavy (non-hydrogen) atoms. The first kappa shape index (κ1) is 19.9. The van der Waals surface area contributed by atoms with E-state index in [1.165, 1.54) is 0 Å². The predicted octanol–water partition coefficient (Wildman–Crippen LogP) is 1.63. The summed E-state index contributed by atoms with van der Waals surface area (Å²) in [6, 6.07) is 16.7. The SMILES string of the molecule is O=[PH]([O-])Oc1ccccc1.O=[PH]([O-])Oc1ccccc1.[Ni+2]. The summed E-state index contributed by atoms with van der Waals surface area (Å²) in [5.41, 5.74) is 0. The van der Waals surface area contributed by atoms with Crippen LogP contribution in [0.2, 0.25) is 0 Å². The first-order valence-electron chi connectivity index (χ1n) is 5.45. The monoisotopic (exact) mass is 372 g/mol. The van der Waals surface area contributed by atoms with Crippen molar-refractivity contribution in [2.24, 2.45) is 0 Å². The molecule has 0 heterocycles. The van der Waals surface area contributed by atoms with Gasteiger partial charge in [-0.1, -0.05) is 36.4 Å². The van der Waals surface area contributed by atoms with Crippen molar-refractivity contribution < 1.29 is 44.5 Å². The number of hydrogen-bond donors (Lipinski definition) is 0. The minimum atomic E-state index is -3.09. The van der Waals surface area contributed by atoms with Gasteiger partial charge in [0.05, 0.1) is 0 Å². The van der Waals surface area contributed by atoms with Gasteiger partial charge in [0.1, 0.15) is 11.5 Å². The van der Waals surface area contributed by atoms with E-state index < -0.39 is 16.5 Å². The zero-order valence-corrected chi connectivity index (χ0v) is 13.5. The first-order valence-corrected chi connectivity index (χ1v) is 7.90. The minimum Gasteiger partial charge on any atom is -0.771 e. The third kappa shape index (κ3) is 10.3. The summed E-state index contributed by atoms with van der Waals surface area (Å²) >= 11 is 0. The Hall–Kier alpha value is -1.09. The van der Waals surface area contributed by atoms with Crippen LogP contribution in [0.15, 0.2) is 60.7 Å². The molecule has 2 atom stereocenters. The molecule has 0 bridgehead atoms. The molecule has 0 N–H and O–H groups in total. The molecular formula is C12H12NiO6P2. The van der Waals surface area contributed by atoms with E-state index in [0.29, 0.717) is 11.5 Å². The molecule has 2 rings (SSSR count). The number of para-hydroxylation sites is 2. The van der Waals surface area contributed by atoms with Gasteiger partial charge in [0.15, 0.2) is 16.5 Å². The van der Waals surface area contributed by atoms with E-state index >= 15 is 0 Å². The standard InChI is InChI=1S/2C6H7O3P.Ni/c2*7-10(8)9-6-4-2-1-3-5-6;/h2*1-5,10H,(H,7,8);/q;;+2/p-2. The van der Waals surface area contributed by atoms with Crippen LogP contribution in [0, 0.1) is 0 Å². The van der Waals surface area contributed by atoms with Crippen LogP contribution in [-0.2, 0) is 25.6 Å². The van der Waals surface area contributed by atoms with Gasteiger partial charge in [0, 0.05) is 0 Å². The normalized spacial score (nSPS) is 11.9. The van der Waals surface area contributed by atoms with Gasteiger partial charge in [-0.3, -0.25) is 9.13 Å². The number of hydrogen-bond acceptors (Lipinski definition) is 6. The van der Waals surface area contributed by atoms with Crippen LogP contribution >= 0.6 is 16.5 Å². The molecule has 0 fully saturated rings. The molecule has 2 aromatic rings. The van der Waals surface area contributed by atoms with E-state index in [2.05, 4.69) is 9.05 Å². The maximum Gasteiger partial charge on any atom is 2.00 e. The van der Waals surface area contributed by atoms with Gasteiger partial charge in [-0.25, -0.2) is 0 Å². The average molecular weight is 373 g/mol. The van der Waals surface area contributed by atoms with E-state index in [1.54, 1.807) is 60.7 Å². The maximum absolute atomic E-state index is 10.0. The molecule has 9 heteroatoms. The van der Waals surface area contributed by atoms with E-state index in [-0.39, 0.29) is 16.5 Å². The molecule has 0 aromatic heterocycles. The molecule has 0 amide bonds. The molecule has 0 saturated carbocycles. The largest absolute Gasteiger partial charge is 2.00 e. The minimum absolute atomic E-state index is 0. The number of rotatable bonds is 4. The summed E-state index contributed by atoms with van der Waals surface area (Å²) in [6.07, 6.45) is 0. The molecule has 6 nitrogen and oxygen atoms in total. The van der Waals surface area contributed by atoms with Crippen LogP contribution in [0.25, 0.3) is 0 Å². The molecule has 0 radical (unpaired) electrons. The Morgan fingerprint density at radius 3 is 1.19 bits per heavy atom. The number of benzene rings is 2. The summed E-state index contributed by atoms with van der Waals surface area (Å²) in [7, 11) is -6.17. The topological polar surface area (TPSA) is 98.7 Å². The van der Waals surface area contributed by atoms with E-state index in [0.717, 1.165) is 0 Å². The first-order chi connectivity index (χ1) is 9.58. The van der Waals surface area contributed by atoms with Crippen molar-refractivity contribution in [1.29, 1.82) is 0 Å². The molecule has 2 unspecified atom stereocenters. The van der Waals surface area contributed by atoms with Crippen molar-refractivity contribution in [1.82, 2.24) is 0 Å². The third-order valence-corrected chi connectivity index (χ3v) is 2.69. The molecule has 0 aliphatic rings. The zero-order chi connectivity index (χ0) is 14.8. The molecule has 0 spiro atoms. The molecule has 116 valence electrons. The fourth-order valence-corrected chi connectivity index (χ4v) is 1.83. The Morgan fingerprint density at radius 2 is 0.952 bits per heavy atom. The van der Waals surface area contributed by atoms with E-state index in [1.807, 2.05) is 0 Å². The van der Waals surface area contributed by atoms with Crippen molar-refractivity contribution >= 4 is 16.5 Å². The van der Waals surface area contributed by atoms with Gasteiger partial charge in [-0.05, 0) is 24.3 Å². The second-order valence-electron chi connectivity index (χ2n) is 3.33. The van der Waals surface area contributed by atoms with E-state index in [4.69, 9.17) is 0 Å². The zero-order valence-electron chi connectivity index (χ0n) is 10.5. The second-order valence-corrected chi connectivity index (χ2v) is 4.74. The Morgan fingerprint density at radius 1 is 0.667 bits per heavy atom. The quantitative estimate of drug-likeness (QED) is 0.597. The Bertz CT molecular complexity index is 501. The van der Waals surface area contributed by atoms with Gasteiger partial charge in [0.25, 0.3) is 0 Å². The Balaban J connectivity index is 0.000000364. The third-order valence-electron chi connectivity index (χ3n) is 1.89. The molecule has 0 aliphatic heterocycles. The van der Waals surface area contributed by atoms with Crippen LogP contribution in [0.5, 0.6) is 11.5 Å². The molecule has 0 aliphatic carbocycles. The smallest absolute Gasteiger partial charge is 0.771 e. The maximum atomic E-state index is 10.0. The predicted molar refractivity (Wildman–Crippen MR) is 72.1 cm³/mol. The van der Waals surface area contributed by atoms with Crippen LogP contribution in [0.1, 0.15) is 0 Å². The average Bonchev–Trinajstić information content (AvgIpc) is 2.40. The van der Waals surface area contributed by atoms with E-state index in [9.17, 15) is 18.9 Å². The van der Waals surface area contributed by atoms with Gasteiger partial charge < -0.3 is 18.8 Å². The van der Waals surface area contributed by atoms with Crippen LogP contribution < -0.4 is 18.8 Å². The van der Waals surface area contributed by atoms with Gasteiger partial charge in [0.2, 0.25) is 0 Å². The van der Waals surface area contributed by atoms with Crippen molar-refractivity contribution in [3.63, 3.8) is 0 Å². The van der Waals surface area contributed by atoms with Crippen molar-refractivity contribution in [3.05, 3.63) is 60.7 Å². The van der Waals surface area contributed by atoms with Crippen LogP contribution in [0.4, 0.5) is 0 Å². The summed E-state index contributed by atoms with van der Waals surface area (Å²) < 4.78 is 28.9. The summed E-state index contributed by atoms with van der Waals surface area (Å²) in [5, 5.41) is 0. The van der Waals surface area contributed by atoms with Gasteiger partial charge in [-0.15, -0.1) is 0 Å². The van der Waals surface area contributed by atoms with Gasteiger partial charge in [-0.2, -0.15) is 0 Å². The Kier molecular flexibility index (Phi) is 11.0. The summed E-state index contributed by atoms with van der Waals surface area (Å²) in [4.78, 5) is 20.0. The second kappa shape index (κ2) is 11.6. The fourth-order valence-electron chi connectivity index (χ4n) is 1.17. The Labute approximate surface area is 133 Å². The van der Waals surface area contributed by atoms with Crippen molar-refractivity contribution in [3.8, 4) is 11.5 Å². The van der Waals surface area contributed by atoms with Gasteiger partial charge >= 0.3 is 16.5 Å². The molecular weight excluding hydrogens is 361 g/mol. The summed E-state index contributed by atoms with van der Waals surface area (Å²) in [6.45, 7) is 0. The van der Waals surface area contributed by atoms with Crippen molar-refractivity contribution in [2.45, 2.75) is 0 Å². The van der Waals surface area contributed by atoms with Crippen LogP contribution in [-0.4, -0.2) is 0 Å². The van der Waals surface area contributed by atoms with Crippen LogP contribution in [0.3, 0.4) is 0 Å². The molecule has 0 saturated heterocycles.